The molecule has 6 N–H and O–H groups in total. The van der Waals surface area contributed by atoms with Gasteiger partial charge in [-0.1, -0.05) is 60.1 Å². The van der Waals surface area contributed by atoms with Crippen molar-refractivity contribution < 1.29 is 0 Å². The third kappa shape index (κ3) is 3.41. The summed E-state index contributed by atoms with van der Waals surface area (Å²) in [6.07, 6.45) is 0. The number of halogens is 1. The molecule has 0 aliphatic heterocycles. The van der Waals surface area contributed by atoms with Gasteiger partial charge in [0.15, 0.2) is 0 Å². The van der Waals surface area contributed by atoms with Gasteiger partial charge in [-0.25, -0.2) is 0 Å². The predicted octanol–water partition coefficient (Wildman–Crippen LogP) is 5.47. The molecule has 4 rings (SSSR count). The maximum absolute atomic E-state index is 6.21. The molecule has 4 aromatic carbocycles. The predicted molar refractivity (Wildman–Crippen MR) is 123 cm³/mol. The molecule has 0 fully saturated rings. The van der Waals surface area contributed by atoms with Crippen molar-refractivity contribution in [3.05, 3.63) is 124 Å². The Bertz CT molecular complexity index is 913. The molecule has 29 heavy (non-hydrogen) atoms. The molecule has 0 saturated carbocycles. The lowest BCUT2D eigenvalue weighted by molar-refractivity contribution is 0.745. The Balaban J connectivity index is 2.11. The summed E-state index contributed by atoms with van der Waals surface area (Å²) in [6, 6.07) is 31.9. The first kappa shape index (κ1) is 18.9. The summed E-state index contributed by atoms with van der Waals surface area (Å²) in [5.74, 6) is 0. The molecule has 144 valence electrons. The van der Waals surface area contributed by atoms with Crippen molar-refractivity contribution >= 4 is 28.7 Å². The molecule has 0 aliphatic carbocycles. The summed E-state index contributed by atoms with van der Waals surface area (Å²) in [7, 11) is 0. The van der Waals surface area contributed by atoms with Gasteiger partial charge in [0.05, 0.1) is 5.41 Å². The Morgan fingerprint density at radius 3 is 0.931 bits per heavy atom. The zero-order chi connectivity index (χ0) is 20.4. The Kier molecular flexibility index (Phi) is 4.91. The molecular formula is C25H22ClN3. The Labute approximate surface area is 175 Å². The molecule has 0 heterocycles. The number of nitrogen functional groups attached to an aromatic ring is 3. The Morgan fingerprint density at radius 2 is 0.655 bits per heavy atom. The average molecular weight is 400 g/mol. The van der Waals surface area contributed by atoms with Gasteiger partial charge in [0.25, 0.3) is 0 Å². The number of nitrogens with two attached hydrogens (primary N) is 3. The maximum atomic E-state index is 6.21. The minimum Gasteiger partial charge on any atom is -0.399 e. The van der Waals surface area contributed by atoms with Gasteiger partial charge >= 0.3 is 0 Å². The minimum atomic E-state index is -0.584. The van der Waals surface area contributed by atoms with Crippen LogP contribution in [-0.2, 0) is 5.41 Å². The Morgan fingerprint density at radius 1 is 0.414 bits per heavy atom. The molecule has 0 unspecified atom stereocenters. The lowest BCUT2D eigenvalue weighted by Crippen LogP contribution is -2.31. The molecular weight excluding hydrogens is 378 g/mol. The number of benzene rings is 4. The normalized spacial score (nSPS) is 11.3. The van der Waals surface area contributed by atoms with Crippen molar-refractivity contribution in [1.29, 1.82) is 0 Å². The standard InChI is InChI=1S/C25H22ClN3/c26-21-9-1-17(2-10-21)25(18-3-11-22(27)12-4-18,19-5-13-23(28)14-6-19)20-7-15-24(29)16-8-20/h1-16H,27-29H2. The van der Waals surface area contributed by atoms with Crippen LogP contribution in [0.5, 0.6) is 0 Å². The highest BCUT2D eigenvalue weighted by Crippen LogP contribution is 2.45. The molecule has 0 bridgehead atoms. The van der Waals surface area contributed by atoms with E-state index in [1.54, 1.807) is 0 Å². The third-order valence-corrected chi connectivity index (χ3v) is 5.56. The van der Waals surface area contributed by atoms with E-state index in [2.05, 4.69) is 48.5 Å². The van der Waals surface area contributed by atoms with E-state index in [9.17, 15) is 0 Å². The molecule has 3 nitrogen and oxygen atoms in total. The van der Waals surface area contributed by atoms with Crippen LogP contribution in [0.25, 0.3) is 0 Å². The smallest absolute Gasteiger partial charge is 0.0701 e. The summed E-state index contributed by atoms with van der Waals surface area (Å²) in [5.41, 5.74) is 23.9. The van der Waals surface area contributed by atoms with Crippen LogP contribution in [0.4, 0.5) is 17.1 Å². The largest absolute Gasteiger partial charge is 0.399 e. The summed E-state index contributed by atoms with van der Waals surface area (Å²) in [5, 5.41) is 0.689. The molecule has 0 spiro atoms. The van der Waals surface area contributed by atoms with Gasteiger partial charge in [0.2, 0.25) is 0 Å². The van der Waals surface area contributed by atoms with E-state index < -0.39 is 5.41 Å². The summed E-state index contributed by atoms with van der Waals surface area (Å²) in [4.78, 5) is 0. The van der Waals surface area contributed by atoms with Gasteiger partial charge < -0.3 is 17.2 Å². The van der Waals surface area contributed by atoms with Crippen molar-refractivity contribution in [2.24, 2.45) is 0 Å². The zero-order valence-electron chi connectivity index (χ0n) is 15.8. The van der Waals surface area contributed by atoms with Crippen LogP contribution in [0.15, 0.2) is 97.1 Å². The second-order valence-electron chi connectivity index (χ2n) is 7.12. The highest BCUT2D eigenvalue weighted by Gasteiger charge is 2.38. The van der Waals surface area contributed by atoms with E-state index in [1.165, 1.54) is 0 Å². The average Bonchev–Trinajstić information content (AvgIpc) is 2.73. The molecule has 0 aliphatic rings. The van der Waals surface area contributed by atoms with Gasteiger partial charge in [-0.3, -0.25) is 0 Å². The molecule has 4 heteroatoms. The first-order chi connectivity index (χ1) is 14.0. The van der Waals surface area contributed by atoms with Crippen molar-refractivity contribution in [2.45, 2.75) is 5.41 Å². The number of rotatable bonds is 4. The topological polar surface area (TPSA) is 78.1 Å². The van der Waals surface area contributed by atoms with E-state index in [1.807, 2.05) is 48.5 Å². The van der Waals surface area contributed by atoms with Crippen LogP contribution >= 0.6 is 11.6 Å². The van der Waals surface area contributed by atoms with Crippen molar-refractivity contribution in [3.8, 4) is 0 Å². The van der Waals surface area contributed by atoms with Crippen LogP contribution in [-0.4, -0.2) is 0 Å². The Hall–Kier alpha value is -3.43. The first-order valence-corrected chi connectivity index (χ1v) is 9.72. The zero-order valence-corrected chi connectivity index (χ0v) is 16.6. The molecule has 0 saturated heterocycles. The maximum Gasteiger partial charge on any atom is 0.0701 e. The molecule has 0 amide bonds. The van der Waals surface area contributed by atoms with Gasteiger partial charge in [0.1, 0.15) is 0 Å². The van der Waals surface area contributed by atoms with Crippen molar-refractivity contribution in [3.63, 3.8) is 0 Å². The summed E-state index contributed by atoms with van der Waals surface area (Å²) >= 11 is 6.21. The van der Waals surface area contributed by atoms with E-state index in [0.717, 1.165) is 22.3 Å². The fraction of sp³-hybridized carbons (Fsp3) is 0.0400. The molecule has 0 aromatic heterocycles. The SMILES string of the molecule is Nc1ccc(C(c2ccc(N)cc2)(c2ccc(N)cc2)c2ccc(Cl)cc2)cc1. The summed E-state index contributed by atoms with van der Waals surface area (Å²) < 4.78 is 0. The summed E-state index contributed by atoms with van der Waals surface area (Å²) in [6.45, 7) is 0. The van der Waals surface area contributed by atoms with Crippen molar-refractivity contribution in [2.75, 3.05) is 17.2 Å². The van der Waals surface area contributed by atoms with Gasteiger partial charge in [0, 0.05) is 22.1 Å². The quantitative estimate of drug-likeness (QED) is 0.314. The highest BCUT2D eigenvalue weighted by molar-refractivity contribution is 6.30. The van der Waals surface area contributed by atoms with Crippen LogP contribution in [0.3, 0.4) is 0 Å². The van der Waals surface area contributed by atoms with Crippen LogP contribution in [0.2, 0.25) is 5.02 Å². The minimum absolute atomic E-state index is 0.584. The van der Waals surface area contributed by atoms with Crippen LogP contribution in [0, 0.1) is 0 Å². The lowest BCUT2D eigenvalue weighted by Gasteiger charge is -2.37. The fourth-order valence-electron chi connectivity index (χ4n) is 3.90. The second kappa shape index (κ2) is 7.53. The molecule has 0 radical (unpaired) electrons. The second-order valence-corrected chi connectivity index (χ2v) is 7.56. The highest BCUT2D eigenvalue weighted by atomic mass is 35.5. The van der Waals surface area contributed by atoms with Gasteiger partial charge in [-0.15, -0.1) is 0 Å². The third-order valence-electron chi connectivity index (χ3n) is 5.31. The lowest BCUT2D eigenvalue weighted by atomic mass is 9.65. The van der Waals surface area contributed by atoms with Gasteiger partial charge in [-0.05, 0) is 70.8 Å². The van der Waals surface area contributed by atoms with E-state index in [0.29, 0.717) is 22.1 Å². The van der Waals surface area contributed by atoms with E-state index in [-0.39, 0.29) is 0 Å². The number of hydrogen-bond donors (Lipinski definition) is 3. The molecule has 0 atom stereocenters. The first-order valence-electron chi connectivity index (χ1n) is 9.34. The van der Waals surface area contributed by atoms with Gasteiger partial charge in [-0.2, -0.15) is 0 Å². The fourth-order valence-corrected chi connectivity index (χ4v) is 4.03. The van der Waals surface area contributed by atoms with Crippen molar-refractivity contribution in [1.82, 2.24) is 0 Å². The van der Waals surface area contributed by atoms with Crippen LogP contribution in [0.1, 0.15) is 22.3 Å². The number of anilines is 3. The van der Waals surface area contributed by atoms with Crippen LogP contribution < -0.4 is 17.2 Å². The molecule has 4 aromatic rings. The van der Waals surface area contributed by atoms with E-state index >= 15 is 0 Å². The number of hydrogen-bond acceptors (Lipinski definition) is 3. The van der Waals surface area contributed by atoms with E-state index in [4.69, 9.17) is 28.8 Å². The monoisotopic (exact) mass is 399 g/mol.